The number of hydrogen-bond acceptors (Lipinski definition) is 3. The van der Waals surface area contributed by atoms with Crippen molar-refractivity contribution in [2.45, 2.75) is 44.4 Å². The fourth-order valence-corrected chi connectivity index (χ4v) is 2.11. The summed E-state index contributed by atoms with van der Waals surface area (Å²) in [5.74, 6) is 0.344. The van der Waals surface area contributed by atoms with Gasteiger partial charge in [-0.25, -0.2) is 8.42 Å². The summed E-state index contributed by atoms with van der Waals surface area (Å²) in [6.45, 7) is 8.23. The normalized spacial score (nSPS) is 16.1. The molecule has 0 heterocycles. The van der Waals surface area contributed by atoms with E-state index in [4.69, 9.17) is 0 Å². The van der Waals surface area contributed by atoms with Gasteiger partial charge < -0.3 is 5.32 Å². The van der Waals surface area contributed by atoms with Crippen molar-refractivity contribution in [1.29, 1.82) is 0 Å². The van der Waals surface area contributed by atoms with Gasteiger partial charge in [-0.1, -0.05) is 37.3 Å². The Bertz CT molecular complexity index is 494. The molecule has 0 radical (unpaired) electrons. The summed E-state index contributed by atoms with van der Waals surface area (Å²) in [5, 5.41) is 3.35. The van der Waals surface area contributed by atoms with E-state index in [1.165, 1.54) is 11.8 Å². The Kier molecular flexibility index (Phi) is 5.16. The third kappa shape index (κ3) is 4.32. The van der Waals surface area contributed by atoms with Crippen molar-refractivity contribution in [3.8, 4) is 0 Å². The van der Waals surface area contributed by atoms with Gasteiger partial charge in [-0.3, -0.25) is 0 Å². The molecule has 0 aliphatic heterocycles. The summed E-state index contributed by atoms with van der Waals surface area (Å²) in [7, 11) is -3.05. The highest BCUT2D eigenvalue weighted by Gasteiger charge is 2.30. The predicted octanol–water partition coefficient (Wildman–Crippen LogP) is 2.59. The van der Waals surface area contributed by atoms with Crippen LogP contribution in [0.25, 0.3) is 0 Å². The lowest BCUT2D eigenvalue weighted by molar-refractivity contribution is 0.443. The molecule has 108 valence electrons. The molecule has 0 unspecified atom stereocenters. The Morgan fingerprint density at radius 1 is 1.16 bits per heavy atom. The van der Waals surface area contributed by atoms with E-state index < -0.39 is 14.6 Å². The summed E-state index contributed by atoms with van der Waals surface area (Å²) in [6.07, 6.45) is 1.29. The molecule has 0 saturated heterocycles. The highest BCUT2D eigenvalue weighted by molar-refractivity contribution is 7.92. The summed E-state index contributed by atoms with van der Waals surface area (Å²) in [5.41, 5.74) is 1.26. The van der Waals surface area contributed by atoms with Gasteiger partial charge in [-0.05, 0) is 32.3 Å². The molecule has 1 aromatic carbocycles. The molecule has 0 saturated carbocycles. The minimum Gasteiger partial charge on any atom is -0.312 e. The molecule has 4 heteroatoms. The minimum atomic E-state index is -3.05. The van der Waals surface area contributed by atoms with E-state index in [0.29, 0.717) is 12.5 Å². The van der Waals surface area contributed by atoms with Gasteiger partial charge in [0, 0.05) is 18.8 Å². The first-order valence-corrected chi connectivity index (χ1v) is 8.52. The summed E-state index contributed by atoms with van der Waals surface area (Å²) < 4.78 is 22.6. The Hall–Kier alpha value is -0.870. The Balaban J connectivity index is 2.64. The first kappa shape index (κ1) is 16.2. The number of sulfone groups is 1. The summed E-state index contributed by atoms with van der Waals surface area (Å²) in [4.78, 5) is 0. The largest absolute Gasteiger partial charge is 0.312 e. The minimum absolute atomic E-state index is 0.225. The molecule has 3 nitrogen and oxygen atoms in total. The monoisotopic (exact) mass is 283 g/mol. The lowest BCUT2D eigenvalue weighted by atomic mass is 9.94. The average Bonchev–Trinajstić information content (AvgIpc) is 2.35. The molecule has 0 spiro atoms. The zero-order chi connectivity index (χ0) is 14.7. The predicted molar refractivity (Wildman–Crippen MR) is 81.2 cm³/mol. The van der Waals surface area contributed by atoms with Crippen LogP contribution in [-0.2, 0) is 9.84 Å². The van der Waals surface area contributed by atoms with E-state index in [2.05, 4.69) is 31.3 Å². The Morgan fingerprint density at radius 3 is 2.16 bits per heavy atom. The van der Waals surface area contributed by atoms with E-state index in [-0.39, 0.29) is 6.04 Å². The van der Waals surface area contributed by atoms with Crippen molar-refractivity contribution >= 4 is 9.84 Å². The van der Waals surface area contributed by atoms with Gasteiger partial charge in [0.25, 0.3) is 0 Å². The molecule has 0 aliphatic carbocycles. The molecule has 0 aromatic heterocycles. The van der Waals surface area contributed by atoms with E-state index in [1.807, 2.05) is 18.2 Å². The molecule has 2 atom stereocenters. The number of nitrogens with one attached hydrogen (secondary N) is 1. The maximum atomic E-state index is 11.7. The lowest BCUT2D eigenvalue weighted by Crippen LogP contribution is -2.45. The Morgan fingerprint density at radius 2 is 1.68 bits per heavy atom. The second kappa shape index (κ2) is 6.06. The maximum Gasteiger partial charge on any atom is 0.153 e. The van der Waals surface area contributed by atoms with Crippen molar-refractivity contribution in [1.82, 2.24) is 5.32 Å². The van der Waals surface area contributed by atoms with Crippen molar-refractivity contribution in [2.75, 3.05) is 12.8 Å². The van der Waals surface area contributed by atoms with Crippen LogP contribution in [0.15, 0.2) is 30.3 Å². The number of rotatable bonds is 6. The van der Waals surface area contributed by atoms with E-state index in [9.17, 15) is 8.42 Å². The zero-order valence-electron chi connectivity index (χ0n) is 12.5. The van der Waals surface area contributed by atoms with Crippen molar-refractivity contribution in [2.24, 2.45) is 0 Å². The molecule has 0 fully saturated rings. The average molecular weight is 283 g/mol. The molecule has 0 amide bonds. The fourth-order valence-electron chi connectivity index (χ4n) is 1.76. The molecule has 19 heavy (non-hydrogen) atoms. The summed E-state index contributed by atoms with van der Waals surface area (Å²) >= 11 is 0. The van der Waals surface area contributed by atoms with Gasteiger partial charge in [0.05, 0.1) is 4.75 Å². The van der Waals surface area contributed by atoms with Crippen molar-refractivity contribution in [3.05, 3.63) is 35.9 Å². The molecular weight excluding hydrogens is 258 g/mol. The van der Waals surface area contributed by atoms with Crippen LogP contribution in [0.3, 0.4) is 0 Å². The first-order chi connectivity index (χ1) is 8.65. The third-order valence-electron chi connectivity index (χ3n) is 3.93. The quantitative estimate of drug-likeness (QED) is 0.873. The second-order valence-electron chi connectivity index (χ2n) is 5.90. The van der Waals surface area contributed by atoms with Crippen LogP contribution >= 0.6 is 0 Å². The van der Waals surface area contributed by atoms with Gasteiger partial charge in [0.15, 0.2) is 9.84 Å². The number of benzene rings is 1. The zero-order valence-corrected chi connectivity index (χ0v) is 13.3. The van der Waals surface area contributed by atoms with Gasteiger partial charge in [0.2, 0.25) is 0 Å². The molecule has 0 bridgehead atoms. The van der Waals surface area contributed by atoms with Crippen LogP contribution in [-0.4, -0.2) is 32.0 Å². The lowest BCUT2D eigenvalue weighted by Gasteiger charge is -2.28. The topological polar surface area (TPSA) is 46.2 Å². The van der Waals surface area contributed by atoms with Gasteiger partial charge in [-0.15, -0.1) is 0 Å². The van der Waals surface area contributed by atoms with Crippen LogP contribution in [0, 0.1) is 0 Å². The standard InChI is InChI=1S/C15H25NO2S/c1-12(14-9-7-6-8-10-14)13(2)16-11-15(3,4)19(5,17)18/h6-10,12-13,16H,11H2,1-5H3/t12-,13-/m1/s1. The first-order valence-electron chi connectivity index (χ1n) is 6.63. The van der Waals surface area contributed by atoms with Crippen molar-refractivity contribution < 1.29 is 8.42 Å². The van der Waals surface area contributed by atoms with Gasteiger partial charge in [0.1, 0.15) is 0 Å². The van der Waals surface area contributed by atoms with Crippen LogP contribution in [0.4, 0.5) is 0 Å². The van der Waals surface area contributed by atoms with E-state index in [0.717, 1.165) is 0 Å². The smallest absolute Gasteiger partial charge is 0.153 e. The summed E-state index contributed by atoms with van der Waals surface area (Å²) in [6, 6.07) is 10.5. The van der Waals surface area contributed by atoms with Crippen LogP contribution in [0.5, 0.6) is 0 Å². The number of hydrogen-bond donors (Lipinski definition) is 1. The molecule has 1 rings (SSSR count). The van der Waals surface area contributed by atoms with E-state index >= 15 is 0 Å². The SMILES string of the molecule is C[C@@H](NCC(C)(C)S(C)(=O)=O)[C@@H](C)c1ccccc1. The highest BCUT2D eigenvalue weighted by atomic mass is 32.2. The van der Waals surface area contributed by atoms with Gasteiger partial charge >= 0.3 is 0 Å². The van der Waals surface area contributed by atoms with E-state index in [1.54, 1.807) is 13.8 Å². The molecular formula is C15H25NO2S. The molecule has 0 aliphatic rings. The Labute approximate surface area is 117 Å². The maximum absolute atomic E-state index is 11.7. The molecule has 1 N–H and O–H groups in total. The molecule has 1 aromatic rings. The van der Waals surface area contributed by atoms with Crippen LogP contribution in [0.1, 0.15) is 39.2 Å². The fraction of sp³-hybridized carbons (Fsp3) is 0.600. The van der Waals surface area contributed by atoms with Crippen LogP contribution < -0.4 is 5.32 Å². The van der Waals surface area contributed by atoms with Crippen molar-refractivity contribution in [3.63, 3.8) is 0 Å². The third-order valence-corrected chi connectivity index (χ3v) is 6.08. The second-order valence-corrected chi connectivity index (χ2v) is 8.55. The highest BCUT2D eigenvalue weighted by Crippen LogP contribution is 2.20. The van der Waals surface area contributed by atoms with Crippen LogP contribution in [0.2, 0.25) is 0 Å². The van der Waals surface area contributed by atoms with Gasteiger partial charge in [-0.2, -0.15) is 0 Å².